The molecule has 6 heteroatoms. The molecule has 0 saturated heterocycles. The Labute approximate surface area is 186 Å². The minimum absolute atomic E-state index is 0.287. The molecule has 3 N–H and O–H groups in total. The summed E-state index contributed by atoms with van der Waals surface area (Å²) in [6.07, 6.45) is 2.10. The van der Waals surface area contributed by atoms with Crippen molar-refractivity contribution in [3.63, 3.8) is 0 Å². The number of nitrogens with zero attached hydrogens (tertiary/aromatic N) is 2. The quantitative estimate of drug-likeness (QED) is 0.349. The van der Waals surface area contributed by atoms with E-state index in [1.165, 1.54) is 7.11 Å². The van der Waals surface area contributed by atoms with E-state index in [-0.39, 0.29) is 5.69 Å². The summed E-state index contributed by atoms with van der Waals surface area (Å²) in [4.78, 5) is 16.3. The van der Waals surface area contributed by atoms with E-state index in [2.05, 4.69) is 46.1 Å². The monoisotopic (exact) mass is 427 g/mol. The van der Waals surface area contributed by atoms with Gasteiger partial charge in [0.1, 0.15) is 17.7 Å². The molecule has 3 aromatic carbocycles. The SMILES string of the molecule is COC(=O)[C@@H](N)[C@@H](O)c1cn(C(c2ccccc2)(c2ccccc2)c2ccccc2)cn1. The van der Waals surface area contributed by atoms with E-state index in [4.69, 9.17) is 5.73 Å². The van der Waals surface area contributed by atoms with E-state index in [9.17, 15) is 9.90 Å². The Morgan fingerprint density at radius 3 is 1.75 bits per heavy atom. The van der Waals surface area contributed by atoms with Gasteiger partial charge in [0, 0.05) is 6.20 Å². The predicted molar refractivity (Wildman–Crippen MR) is 122 cm³/mol. The summed E-state index contributed by atoms with van der Waals surface area (Å²) in [5.41, 5.74) is 8.47. The summed E-state index contributed by atoms with van der Waals surface area (Å²) in [5, 5.41) is 10.7. The lowest BCUT2D eigenvalue weighted by Crippen LogP contribution is -2.38. The highest BCUT2D eigenvalue weighted by Gasteiger charge is 2.39. The molecule has 0 radical (unpaired) electrons. The number of carbonyl (C=O) groups is 1. The number of ether oxygens (including phenoxy) is 1. The number of methoxy groups -OCH3 is 1. The molecule has 0 aliphatic heterocycles. The molecular formula is C26H25N3O3. The second-order valence-corrected chi connectivity index (χ2v) is 7.51. The summed E-state index contributed by atoms with van der Waals surface area (Å²) in [6.45, 7) is 0. The van der Waals surface area contributed by atoms with Gasteiger partial charge in [0.15, 0.2) is 0 Å². The number of carbonyl (C=O) groups excluding carboxylic acids is 1. The zero-order valence-corrected chi connectivity index (χ0v) is 17.7. The molecule has 2 atom stereocenters. The summed E-state index contributed by atoms with van der Waals surface area (Å²) >= 11 is 0. The molecule has 0 spiro atoms. The van der Waals surface area contributed by atoms with E-state index < -0.39 is 23.7 Å². The molecule has 0 amide bonds. The Hall–Kier alpha value is -3.74. The molecule has 1 heterocycles. The molecule has 0 saturated carbocycles. The summed E-state index contributed by atoms with van der Waals surface area (Å²) < 4.78 is 6.63. The fourth-order valence-corrected chi connectivity index (χ4v) is 4.11. The van der Waals surface area contributed by atoms with Crippen LogP contribution in [0.25, 0.3) is 0 Å². The third kappa shape index (κ3) is 3.70. The molecule has 0 unspecified atom stereocenters. The lowest BCUT2D eigenvalue weighted by atomic mass is 9.77. The maximum absolute atomic E-state index is 11.9. The fraction of sp³-hybridized carbons (Fsp3) is 0.154. The molecule has 4 aromatic rings. The van der Waals surface area contributed by atoms with Gasteiger partial charge in [-0.2, -0.15) is 0 Å². The molecule has 0 aliphatic rings. The van der Waals surface area contributed by atoms with Crippen LogP contribution in [0.15, 0.2) is 104 Å². The van der Waals surface area contributed by atoms with Crippen molar-refractivity contribution in [3.05, 3.63) is 126 Å². The third-order valence-electron chi connectivity index (χ3n) is 5.68. The molecule has 0 fully saturated rings. The number of rotatable bonds is 7. The average molecular weight is 428 g/mol. The Morgan fingerprint density at radius 1 is 0.906 bits per heavy atom. The Balaban J connectivity index is 1.96. The number of nitrogens with two attached hydrogens (primary N) is 1. The zero-order valence-electron chi connectivity index (χ0n) is 17.7. The highest BCUT2D eigenvalue weighted by molar-refractivity contribution is 5.76. The lowest BCUT2D eigenvalue weighted by molar-refractivity contribution is -0.145. The lowest BCUT2D eigenvalue weighted by Gasteiger charge is -2.37. The van der Waals surface area contributed by atoms with Crippen LogP contribution in [0.3, 0.4) is 0 Å². The van der Waals surface area contributed by atoms with Crippen LogP contribution in [0.2, 0.25) is 0 Å². The first-order valence-electron chi connectivity index (χ1n) is 10.3. The number of hydrogen-bond acceptors (Lipinski definition) is 5. The molecular weight excluding hydrogens is 402 g/mol. The number of benzene rings is 3. The predicted octanol–water partition coefficient (Wildman–Crippen LogP) is 3.26. The maximum Gasteiger partial charge on any atom is 0.325 e. The van der Waals surface area contributed by atoms with E-state index in [0.717, 1.165) is 16.7 Å². The van der Waals surface area contributed by atoms with E-state index >= 15 is 0 Å². The highest BCUT2D eigenvalue weighted by Crippen LogP contribution is 2.41. The zero-order chi connectivity index (χ0) is 22.6. The van der Waals surface area contributed by atoms with Crippen molar-refractivity contribution in [3.8, 4) is 0 Å². The van der Waals surface area contributed by atoms with Crippen LogP contribution in [0.1, 0.15) is 28.5 Å². The third-order valence-corrected chi connectivity index (χ3v) is 5.68. The van der Waals surface area contributed by atoms with Crippen molar-refractivity contribution >= 4 is 5.97 Å². The average Bonchev–Trinajstić information content (AvgIpc) is 3.35. The van der Waals surface area contributed by atoms with Gasteiger partial charge in [0.05, 0.1) is 19.1 Å². The molecule has 162 valence electrons. The Kier molecular flexibility index (Phi) is 6.16. The van der Waals surface area contributed by atoms with Gasteiger partial charge in [-0.15, -0.1) is 0 Å². The minimum Gasteiger partial charge on any atom is -0.468 e. The normalized spacial score (nSPS) is 13.3. The van der Waals surface area contributed by atoms with Crippen molar-refractivity contribution in [1.82, 2.24) is 9.55 Å². The van der Waals surface area contributed by atoms with Crippen LogP contribution < -0.4 is 5.73 Å². The second-order valence-electron chi connectivity index (χ2n) is 7.51. The van der Waals surface area contributed by atoms with E-state index in [1.54, 1.807) is 12.5 Å². The summed E-state index contributed by atoms with van der Waals surface area (Å²) in [6, 6.07) is 29.1. The molecule has 6 nitrogen and oxygen atoms in total. The summed E-state index contributed by atoms with van der Waals surface area (Å²) in [7, 11) is 1.23. The van der Waals surface area contributed by atoms with Crippen LogP contribution >= 0.6 is 0 Å². The first kappa shape index (κ1) is 21.5. The second kappa shape index (κ2) is 9.18. The first-order chi connectivity index (χ1) is 15.6. The minimum atomic E-state index is -1.30. The number of aromatic nitrogens is 2. The van der Waals surface area contributed by atoms with Crippen LogP contribution in [-0.4, -0.2) is 33.8 Å². The number of esters is 1. The number of aliphatic hydroxyl groups is 1. The number of imidazole rings is 1. The Morgan fingerprint density at radius 2 is 1.34 bits per heavy atom. The van der Waals surface area contributed by atoms with Crippen molar-refractivity contribution < 1.29 is 14.6 Å². The van der Waals surface area contributed by atoms with Gasteiger partial charge in [0.25, 0.3) is 0 Å². The van der Waals surface area contributed by atoms with Gasteiger partial charge in [-0.05, 0) is 16.7 Å². The molecule has 0 aliphatic carbocycles. The standard InChI is InChI=1S/C26H25N3O3/c1-32-25(31)23(27)24(30)22-17-29(18-28-22)26(19-11-5-2-6-12-19,20-13-7-3-8-14-20)21-15-9-4-10-16-21/h2-18,23-24,30H,27H2,1H3/t23-,24-/m0/s1. The van der Waals surface area contributed by atoms with Crippen molar-refractivity contribution in [2.75, 3.05) is 7.11 Å². The summed E-state index contributed by atoms with van der Waals surface area (Å²) in [5.74, 6) is -0.701. The molecule has 4 rings (SSSR count). The Bertz CT molecular complexity index is 1060. The van der Waals surface area contributed by atoms with Gasteiger partial charge in [-0.25, -0.2) is 4.98 Å². The van der Waals surface area contributed by atoms with E-state index in [1.807, 2.05) is 59.2 Å². The van der Waals surface area contributed by atoms with Crippen LogP contribution in [0, 0.1) is 0 Å². The van der Waals surface area contributed by atoms with Crippen LogP contribution in [-0.2, 0) is 15.1 Å². The van der Waals surface area contributed by atoms with Gasteiger partial charge in [-0.3, -0.25) is 4.79 Å². The topological polar surface area (TPSA) is 90.4 Å². The molecule has 0 bridgehead atoms. The van der Waals surface area contributed by atoms with Crippen molar-refractivity contribution in [1.29, 1.82) is 0 Å². The largest absolute Gasteiger partial charge is 0.468 e. The van der Waals surface area contributed by atoms with Gasteiger partial charge in [0.2, 0.25) is 0 Å². The van der Waals surface area contributed by atoms with Crippen molar-refractivity contribution in [2.45, 2.75) is 17.7 Å². The van der Waals surface area contributed by atoms with Crippen molar-refractivity contribution in [2.24, 2.45) is 5.73 Å². The number of hydrogen-bond donors (Lipinski definition) is 2. The smallest absolute Gasteiger partial charge is 0.325 e. The van der Waals surface area contributed by atoms with E-state index in [0.29, 0.717) is 0 Å². The van der Waals surface area contributed by atoms with Gasteiger partial charge >= 0.3 is 5.97 Å². The maximum atomic E-state index is 11.9. The van der Waals surface area contributed by atoms with Crippen LogP contribution in [0.5, 0.6) is 0 Å². The first-order valence-corrected chi connectivity index (χ1v) is 10.3. The fourth-order valence-electron chi connectivity index (χ4n) is 4.11. The number of aliphatic hydroxyl groups excluding tert-OH is 1. The molecule has 32 heavy (non-hydrogen) atoms. The highest BCUT2D eigenvalue weighted by atomic mass is 16.5. The van der Waals surface area contributed by atoms with Crippen LogP contribution in [0.4, 0.5) is 0 Å². The van der Waals surface area contributed by atoms with Gasteiger partial charge in [-0.1, -0.05) is 91.0 Å². The molecule has 1 aromatic heterocycles. The van der Waals surface area contributed by atoms with Gasteiger partial charge < -0.3 is 20.1 Å².